The Bertz CT molecular complexity index is 94.0. The van der Waals surface area contributed by atoms with Crippen LogP contribution in [0.5, 0.6) is 0 Å². The molecule has 0 rings (SSSR count). The van der Waals surface area contributed by atoms with E-state index >= 15 is 0 Å². The van der Waals surface area contributed by atoms with Gasteiger partial charge < -0.3 is 4.55 Å². The van der Waals surface area contributed by atoms with E-state index in [1.807, 2.05) is 0 Å². The van der Waals surface area contributed by atoms with E-state index < -0.39 is 10.3 Å². The number of hydrogen-bond acceptors (Lipinski definition) is 3. The van der Waals surface area contributed by atoms with Crippen LogP contribution in [0.25, 0.3) is 0 Å². The third-order valence-electron chi connectivity index (χ3n) is 0. The van der Waals surface area contributed by atoms with Gasteiger partial charge >= 0.3 is 0 Å². The summed E-state index contributed by atoms with van der Waals surface area (Å²) in [4.78, 5) is 0. The minimum absolute atomic E-state index is 0. The second kappa shape index (κ2) is 2.52. The molecule has 0 amide bonds. The maximum Gasteiger partial charge on any atom is 0.156 e. The Morgan fingerprint density at radius 1 is 1.50 bits per heavy atom. The summed E-state index contributed by atoms with van der Waals surface area (Å²) in [7, 11) is -4.42. The SMILES string of the molecule is NS(=O)(=O)[O-].[Ni]. The van der Waals surface area contributed by atoms with E-state index in [1.54, 1.807) is 0 Å². The Morgan fingerprint density at radius 2 is 1.50 bits per heavy atom. The van der Waals surface area contributed by atoms with Crippen LogP contribution in [0.15, 0.2) is 0 Å². The second-order valence-corrected chi connectivity index (χ2v) is 1.48. The summed E-state index contributed by atoms with van der Waals surface area (Å²) in [5.74, 6) is 0. The van der Waals surface area contributed by atoms with Crippen molar-refractivity contribution in [2.75, 3.05) is 0 Å². The van der Waals surface area contributed by atoms with Gasteiger partial charge in [0.05, 0.1) is 0 Å². The van der Waals surface area contributed by atoms with Crippen molar-refractivity contribution < 1.29 is 29.5 Å². The number of hydrogen-bond donors (Lipinski definition) is 1. The van der Waals surface area contributed by atoms with Crippen LogP contribution >= 0.6 is 0 Å². The zero-order valence-corrected chi connectivity index (χ0v) is 4.33. The molecule has 0 aliphatic heterocycles. The molecule has 0 unspecified atom stereocenters. The minimum atomic E-state index is -4.42. The summed E-state index contributed by atoms with van der Waals surface area (Å²) in [6.45, 7) is 0. The molecule has 6 heavy (non-hydrogen) atoms. The molecule has 0 aromatic heterocycles. The fourth-order valence-corrected chi connectivity index (χ4v) is 0. The zero-order valence-electron chi connectivity index (χ0n) is 2.53. The van der Waals surface area contributed by atoms with E-state index in [0.717, 1.165) is 0 Å². The van der Waals surface area contributed by atoms with Crippen LogP contribution in [0.2, 0.25) is 0 Å². The number of rotatable bonds is 0. The van der Waals surface area contributed by atoms with Gasteiger partial charge in [-0.05, 0) is 0 Å². The molecule has 0 saturated heterocycles. The van der Waals surface area contributed by atoms with Gasteiger partial charge in [0, 0.05) is 16.5 Å². The summed E-state index contributed by atoms with van der Waals surface area (Å²) in [5, 5.41) is 3.77. The molecule has 0 atom stereocenters. The maximum absolute atomic E-state index is 8.85. The van der Waals surface area contributed by atoms with Crippen molar-refractivity contribution in [1.29, 1.82) is 0 Å². The molecular formula is H2NNiO3S-. The first-order valence-electron chi connectivity index (χ1n) is 0.736. The maximum atomic E-state index is 8.85. The van der Waals surface area contributed by atoms with E-state index in [-0.39, 0.29) is 16.5 Å². The van der Waals surface area contributed by atoms with Crippen molar-refractivity contribution in [1.82, 2.24) is 0 Å². The summed E-state index contributed by atoms with van der Waals surface area (Å²) < 4.78 is 26.6. The van der Waals surface area contributed by atoms with E-state index in [9.17, 15) is 0 Å². The van der Waals surface area contributed by atoms with Gasteiger partial charge in [-0.2, -0.15) is 0 Å². The van der Waals surface area contributed by atoms with Gasteiger partial charge in [-0.1, -0.05) is 0 Å². The largest absolute Gasteiger partial charge is 0.736 e. The van der Waals surface area contributed by atoms with Crippen molar-refractivity contribution in [2.45, 2.75) is 0 Å². The summed E-state index contributed by atoms with van der Waals surface area (Å²) in [6, 6.07) is 0. The Balaban J connectivity index is 0. The molecule has 42 valence electrons. The van der Waals surface area contributed by atoms with Crippen LogP contribution in [0.3, 0.4) is 0 Å². The van der Waals surface area contributed by atoms with Crippen LogP contribution in [-0.2, 0) is 26.8 Å². The smallest absolute Gasteiger partial charge is 0.156 e. The first-order valence-corrected chi connectivity index (χ1v) is 2.21. The molecule has 0 fully saturated rings. The van der Waals surface area contributed by atoms with Crippen molar-refractivity contribution in [3.8, 4) is 0 Å². The van der Waals surface area contributed by atoms with Crippen molar-refractivity contribution in [2.24, 2.45) is 5.14 Å². The van der Waals surface area contributed by atoms with Gasteiger partial charge in [0.15, 0.2) is 10.3 Å². The molecule has 0 spiro atoms. The third kappa shape index (κ3) is 374. The molecule has 0 aliphatic carbocycles. The fourth-order valence-electron chi connectivity index (χ4n) is 0. The van der Waals surface area contributed by atoms with E-state index in [1.165, 1.54) is 0 Å². The fraction of sp³-hybridized carbons (Fsp3) is 0. The Labute approximate surface area is 45.5 Å². The van der Waals surface area contributed by atoms with Gasteiger partial charge in [-0.15, -0.1) is 0 Å². The van der Waals surface area contributed by atoms with E-state index in [2.05, 4.69) is 5.14 Å². The topological polar surface area (TPSA) is 83.2 Å². The first kappa shape index (κ1) is 9.61. The molecule has 2 N–H and O–H groups in total. The van der Waals surface area contributed by atoms with Gasteiger partial charge in [-0.25, -0.2) is 13.6 Å². The van der Waals surface area contributed by atoms with Gasteiger partial charge in [0.25, 0.3) is 0 Å². The molecule has 0 radical (unpaired) electrons. The average Bonchev–Trinajstić information content (AvgIpc) is 0.722. The summed E-state index contributed by atoms with van der Waals surface area (Å²) in [6.07, 6.45) is 0. The standard InChI is InChI=1S/H3NO3S.Ni/c1-5(2,3)4;/h(H3,1,2,3,4);/p-1. The summed E-state index contributed by atoms with van der Waals surface area (Å²) in [5.41, 5.74) is 0. The van der Waals surface area contributed by atoms with Gasteiger partial charge in [0.1, 0.15) is 0 Å². The predicted octanol–water partition coefficient (Wildman–Crippen LogP) is -1.60. The molecule has 0 aliphatic rings. The first-order chi connectivity index (χ1) is 2.00. The van der Waals surface area contributed by atoms with E-state index in [0.29, 0.717) is 0 Å². The predicted molar refractivity (Wildman–Crippen MR) is 13.9 cm³/mol. The normalized spacial score (nSPS) is 9.67. The zero-order chi connectivity index (χ0) is 4.50. The third-order valence-corrected chi connectivity index (χ3v) is 0. The van der Waals surface area contributed by atoms with Gasteiger partial charge in [0.2, 0.25) is 0 Å². The molecule has 0 aromatic carbocycles. The molecule has 6 heteroatoms. The van der Waals surface area contributed by atoms with Crippen LogP contribution in [0.1, 0.15) is 0 Å². The van der Waals surface area contributed by atoms with Crippen LogP contribution < -0.4 is 5.14 Å². The quantitative estimate of drug-likeness (QED) is 0.337. The Hall–Kier alpha value is 0.364. The van der Waals surface area contributed by atoms with Crippen LogP contribution in [0, 0.1) is 0 Å². The number of nitrogens with two attached hydrogens (primary N) is 1. The molecule has 0 aromatic rings. The van der Waals surface area contributed by atoms with Crippen LogP contribution in [0.4, 0.5) is 0 Å². The van der Waals surface area contributed by atoms with Gasteiger partial charge in [-0.3, -0.25) is 0 Å². The molecular weight excluding hydrogens is 153 g/mol. The molecule has 0 bridgehead atoms. The summed E-state index contributed by atoms with van der Waals surface area (Å²) >= 11 is 0. The van der Waals surface area contributed by atoms with Crippen LogP contribution in [-0.4, -0.2) is 13.0 Å². The van der Waals surface area contributed by atoms with E-state index in [4.69, 9.17) is 13.0 Å². The Kier molecular flexibility index (Phi) is 4.04. The Morgan fingerprint density at radius 3 is 1.50 bits per heavy atom. The van der Waals surface area contributed by atoms with Crippen molar-refractivity contribution in [3.63, 3.8) is 0 Å². The molecule has 0 saturated carbocycles. The van der Waals surface area contributed by atoms with Crippen molar-refractivity contribution >= 4 is 10.3 Å². The molecule has 0 heterocycles. The van der Waals surface area contributed by atoms with Crippen molar-refractivity contribution in [3.05, 3.63) is 0 Å². The average molecular weight is 155 g/mol. The molecule has 4 nitrogen and oxygen atoms in total. The monoisotopic (exact) mass is 154 g/mol. The second-order valence-electron chi connectivity index (χ2n) is 0.493. The minimum Gasteiger partial charge on any atom is -0.736 e.